The maximum atomic E-state index is 14.1. The van der Waals surface area contributed by atoms with E-state index < -0.39 is 71.7 Å². The number of hydrogen-bond donors (Lipinski definition) is 3. The lowest BCUT2D eigenvalue weighted by atomic mass is 9.75. The topological polar surface area (TPSA) is 163 Å². The molecule has 2 bridgehead atoms. The van der Waals surface area contributed by atoms with E-state index >= 15 is 0 Å². The number of esters is 2. The minimum Gasteiger partial charge on any atom is -0.461 e. The van der Waals surface area contributed by atoms with Crippen LogP contribution in [0, 0.1) is 23.7 Å². The summed E-state index contributed by atoms with van der Waals surface area (Å²) in [6.07, 6.45) is -0.340. The van der Waals surface area contributed by atoms with E-state index in [1.807, 2.05) is 59.7 Å². The summed E-state index contributed by atoms with van der Waals surface area (Å²) in [5, 5.41) is 23.9. The predicted molar refractivity (Wildman–Crippen MR) is 183 cm³/mol. The van der Waals surface area contributed by atoms with E-state index in [2.05, 4.69) is 4.98 Å². The quantitative estimate of drug-likeness (QED) is 0.342. The first kappa shape index (κ1) is 39.6. The number of aryl methyl sites for hydroxylation is 1. The molecule has 0 spiro atoms. The Balaban J connectivity index is 1.75. The minimum atomic E-state index is -1.55. The Labute approximate surface area is 292 Å². The molecule has 1 unspecified atom stereocenters. The van der Waals surface area contributed by atoms with Crippen LogP contribution in [0.2, 0.25) is 0 Å². The summed E-state index contributed by atoms with van der Waals surface area (Å²) in [6.45, 7) is 14.9. The Morgan fingerprint density at radius 3 is 2.47 bits per heavy atom. The van der Waals surface area contributed by atoms with Crippen LogP contribution in [0.25, 0.3) is 0 Å². The van der Waals surface area contributed by atoms with Gasteiger partial charge in [0.25, 0.3) is 0 Å². The van der Waals surface area contributed by atoms with Crippen LogP contribution in [-0.4, -0.2) is 112 Å². The number of aliphatic hydroxyl groups is 2. The monoisotopic (exact) mass is 691 g/mol. The van der Waals surface area contributed by atoms with E-state index in [0.29, 0.717) is 19.3 Å². The fourth-order valence-electron chi connectivity index (χ4n) is 8.48. The number of carbonyl (C=O) groups is 2. The number of hydrogen-bond acceptors (Lipinski definition) is 12. The molecule has 0 amide bonds. The fraction of sp³-hybridized carbons (Fsp3) is 0.811. The van der Waals surface area contributed by atoms with Gasteiger partial charge in [-0.05, 0) is 85.0 Å². The van der Waals surface area contributed by atoms with E-state index in [-0.39, 0.29) is 42.9 Å². The average Bonchev–Trinajstić information content (AvgIpc) is 3.29. The summed E-state index contributed by atoms with van der Waals surface area (Å²) >= 11 is 0. The van der Waals surface area contributed by atoms with Crippen LogP contribution >= 0.6 is 0 Å². The Morgan fingerprint density at radius 1 is 1.16 bits per heavy atom. The number of cyclic esters (lactones) is 1. The molecule has 0 aliphatic carbocycles. The first-order valence-electron chi connectivity index (χ1n) is 18.0. The number of rotatable bonds is 8. The smallest absolute Gasteiger partial charge is 0.312 e. The van der Waals surface area contributed by atoms with Crippen molar-refractivity contribution < 1.29 is 43.5 Å². The zero-order chi connectivity index (χ0) is 36.4. The van der Waals surface area contributed by atoms with Gasteiger partial charge >= 0.3 is 11.9 Å². The number of likely N-dealkylation sites (N-methyl/N-ethyl adjacent to an activating group) is 1. The Hall–Kier alpha value is -2.19. The maximum absolute atomic E-state index is 14.1. The third-order valence-electron chi connectivity index (χ3n) is 11.3. The van der Waals surface area contributed by atoms with Gasteiger partial charge in [-0.2, -0.15) is 0 Å². The standard InChI is InChI=1S/C37H61N3O9/c1-11-27-37(8)32(38)22(4)30(49-37)20(2)18-36(7,44)33(48-35-29(42)26(40(9)10)17-21(3)45-35)23(5)31(24(6)34(43)46-27)47-28(41)15-14-25-13-12-16-39-19-25/h12-13,16,19-24,26-27,29-33,35,42,44H,11,14-15,17-18,38H2,1-10H3/t20-,21-,22-,23+,24-,26+,27+,29-,30-,31+,32+,33-,35+,36+,37?/m1/s1. The number of nitrogens with zero attached hydrogens (tertiary/aromatic N) is 2. The van der Waals surface area contributed by atoms with Gasteiger partial charge in [-0.3, -0.25) is 14.6 Å². The SMILES string of the molecule is CC[C@@H]1OC(=O)[C@H](C)[C@@H](OC(=O)CCc2cccnc2)[C@H](C)[C@@H](O[C@@H]2O[C@H](C)C[C@H](N(C)C)[C@H]2O)[C@@](C)(O)C[C@@H](C)[C@H]2OC1(C)[C@@H](N)[C@@H]2C. The van der Waals surface area contributed by atoms with Crippen LogP contribution in [-0.2, 0) is 39.7 Å². The zero-order valence-electron chi connectivity index (χ0n) is 31.1. The highest BCUT2D eigenvalue weighted by atomic mass is 16.7. The van der Waals surface area contributed by atoms with Gasteiger partial charge in [0.1, 0.15) is 23.9 Å². The summed E-state index contributed by atoms with van der Waals surface area (Å²) in [5.41, 5.74) is 5.16. The van der Waals surface area contributed by atoms with Gasteiger partial charge in [0.2, 0.25) is 0 Å². The lowest BCUT2D eigenvalue weighted by Gasteiger charge is -2.47. The lowest BCUT2D eigenvalue weighted by Crippen LogP contribution is -2.59. The van der Waals surface area contributed by atoms with Crippen LogP contribution in [0.3, 0.4) is 0 Å². The number of carbonyl (C=O) groups excluding carboxylic acids is 2. The van der Waals surface area contributed by atoms with E-state index in [0.717, 1.165) is 5.56 Å². The molecule has 12 heteroatoms. The van der Waals surface area contributed by atoms with E-state index in [4.69, 9.17) is 29.4 Å². The van der Waals surface area contributed by atoms with Crippen molar-refractivity contribution in [3.63, 3.8) is 0 Å². The number of ether oxygens (including phenoxy) is 5. The molecule has 4 rings (SSSR count). The highest BCUT2D eigenvalue weighted by Crippen LogP contribution is 2.45. The second-order valence-corrected chi connectivity index (χ2v) is 15.6. The predicted octanol–water partition coefficient (Wildman–Crippen LogP) is 3.24. The van der Waals surface area contributed by atoms with E-state index in [1.165, 1.54) is 0 Å². The van der Waals surface area contributed by atoms with Gasteiger partial charge in [0, 0.05) is 42.7 Å². The Kier molecular flexibility index (Phi) is 12.9. The van der Waals surface area contributed by atoms with Gasteiger partial charge in [-0.15, -0.1) is 0 Å². The van der Waals surface area contributed by atoms with Crippen LogP contribution < -0.4 is 5.73 Å². The van der Waals surface area contributed by atoms with Crippen molar-refractivity contribution in [3.8, 4) is 0 Å². The highest BCUT2D eigenvalue weighted by Gasteiger charge is 2.57. The van der Waals surface area contributed by atoms with Crippen LogP contribution in [0.1, 0.15) is 86.6 Å². The van der Waals surface area contributed by atoms with Crippen molar-refractivity contribution in [2.75, 3.05) is 14.1 Å². The second-order valence-electron chi connectivity index (χ2n) is 15.6. The summed E-state index contributed by atoms with van der Waals surface area (Å²) in [4.78, 5) is 33.6. The van der Waals surface area contributed by atoms with Crippen molar-refractivity contribution >= 4 is 11.9 Å². The number of aromatic nitrogens is 1. The molecule has 0 radical (unpaired) electrons. The molecule has 3 fully saturated rings. The molecule has 3 aliphatic rings. The average molecular weight is 692 g/mol. The van der Waals surface area contributed by atoms with Crippen molar-refractivity contribution in [1.82, 2.24) is 9.88 Å². The molecule has 49 heavy (non-hydrogen) atoms. The Bertz CT molecular complexity index is 1250. The number of fused-ring (bicyclic) bond motifs is 2. The molecule has 0 aromatic carbocycles. The van der Waals surface area contributed by atoms with Crippen LogP contribution in [0.15, 0.2) is 24.5 Å². The van der Waals surface area contributed by atoms with Gasteiger partial charge < -0.3 is 44.5 Å². The summed E-state index contributed by atoms with van der Waals surface area (Å²) in [6, 6.07) is 2.99. The van der Waals surface area contributed by atoms with Crippen LogP contribution in [0.4, 0.5) is 0 Å². The first-order chi connectivity index (χ1) is 22.9. The van der Waals surface area contributed by atoms with E-state index in [1.54, 1.807) is 39.2 Å². The normalized spacial score (nSPS) is 43.6. The van der Waals surface area contributed by atoms with Gasteiger partial charge in [-0.1, -0.05) is 33.8 Å². The van der Waals surface area contributed by atoms with Gasteiger partial charge in [-0.25, -0.2) is 0 Å². The molecule has 1 aromatic heterocycles. The molecule has 4 heterocycles. The number of nitrogens with two attached hydrogens (primary N) is 1. The number of aliphatic hydroxyl groups excluding tert-OH is 1. The maximum Gasteiger partial charge on any atom is 0.312 e. The van der Waals surface area contributed by atoms with Crippen LogP contribution in [0.5, 0.6) is 0 Å². The second kappa shape index (κ2) is 16.0. The third kappa shape index (κ3) is 8.65. The summed E-state index contributed by atoms with van der Waals surface area (Å²) < 4.78 is 31.9. The Morgan fingerprint density at radius 2 is 1.86 bits per heavy atom. The van der Waals surface area contributed by atoms with E-state index in [9.17, 15) is 19.8 Å². The summed E-state index contributed by atoms with van der Waals surface area (Å²) in [5.74, 6) is -3.08. The molecule has 3 aliphatic heterocycles. The lowest BCUT2D eigenvalue weighted by molar-refractivity contribution is -0.299. The van der Waals surface area contributed by atoms with Crippen molar-refractivity contribution in [3.05, 3.63) is 30.1 Å². The zero-order valence-corrected chi connectivity index (χ0v) is 31.1. The molecular weight excluding hydrogens is 630 g/mol. The first-order valence-corrected chi connectivity index (χ1v) is 18.0. The molecule has 0 saturated carbocycles. The molecule has 1 aromatic rings. The largest absolute Gasteiger partial charge is 0.461 e. The molecule has 4 N–H and O–H groups in total. The van der Waals surface area contributed by atoms with Crippen molar-refractivity contribution in [1.29, 1.82) is 0 Å². The molecule has 12 nitrogen and oxygen atoms in total. The van der Waals surface area contributed by atoms with Gasteiger partial charge in [0.05, 0.1) is 29.8 Å². The van der Waals surface area contributed by atoms with Gasteiger partial charge in [0.15, 0.2) is 6.29 Å². The molecule has 15 atom stereocenters. The highest BCUT2D eigenvalue weighted by molar-refractivity contribution is 5.75. The number of pyridine rings is 1. The molecule has 3 saturated heterocycles. The van der Waals surface area contributed by atoms with Crippen molar-refractivity contribution in [2.24, 2.45) is 29.4 Å². The molecular formula is C37H61N3O9. The minimum absolute atomic E-state index is 0.0556. The summed E-state index contributed by atoms with van der Waals surface area (Å²) in [7, 11) is 3.78. The fourth-order valence-corrected chi connectivity index (χ4v) is 8.48. The molecule has 278 valence electrons. The third-order valence-corrected chi connectivity index (χ3v) is 11.3. The van der Waals surface area contributed by atoms with Crippen molar-refractivity contribution in [2.45, 2.75) is 154 Å².